The third kappa shape index (κ3) is 3.91. The van der Waals surface area contributed by atoms with Crippen LogP contribution in [0.3, 0.4) is 0 Å². The van der Waals surface area contributed by atoms with Crippen LogP contribution < -0.4 is 9.64 Å². The molecular formula is C25H23N7O. The maximum Gasteiger partial charge on any atom is 0.180 e. The molecule has 33 heavy (non-hydrogen) atoms. The normalized spacial score (nSPS) is 16.2. The molecule has 1 atom stereocenters. The van der Waals surface area contributed by atoms with Crippen LogP contribution in [0, 0.1) is 0 Å². The fraction of sp³-hybridized carbons (Fsp3) is 0.200. The van der Waals surface area contributed by atoms with Crippen molar-refractivity contribution in [3.8, 4) is 23.0 Å². The lowest BCUT2D eigenvalue weighted by atomic mass is 9.93. The number of anilines is 1. The van der Waals surface area contributed by atoms with Gasteiger partial charge in [-0.2, -0.15) is 5.10 Å². The first-order valence-electron chi connectivity index (χ1n) is 11.1. The van der Waals surface area contributed by atoms with E-state index in [2.05, 4.69) is 25.1 Å². The fourth-order valence-corrected chi connectivity index (χ4v) is 4.40. The first-order chi connectivity index (χ1) is 16.3. The van der Waals surface area contributed by atoms with Gasteiger partial charge in [-0.05, 0) is 48.7 Å². The fourth-order valence-electron chi connectivity index (χ4n) is 4.40. The average molecular weight is 438 g/mol. The van der Waals surface area contributed by atoms with Crippen molar-refractivity contribution in [1.29, 1.82) is 0 Å². The number of ether oxygens (including phenoxy) is 1. The van der Waals surface area contributed by atoms with Gasteiger partial charge in [0.2, 0.25) is 0 Å². The molecule has 1 aliphatic heterocycles. The molecule has 4 aromatic heterocycles. The highest BCUT2D eigenvalue weighted by Gasteiger charge is 2.23. The number of imidazole rings is 1. The summed E-state index contributed by atoms with van der Waals surface area (Å²) >= 11 is 0. The van der Waals surface area contributed by atoms with Gasteiger partial charge in [0.1, 0.15) is 28.7 Å². The van der Waals surface area contributed by atoms with Crippen LogP contribution in [0.25, 0.3) is 17.2 Å². The third-order valence-electron chi connectivity index (χ3n) is 6.06. The van der Waals surface area contributed by atoms with E-state index in [9.17, 15) is 0 Å². The van der Waals surface area contributed by atoms with Crippen molar-refractivity contribution in [2.75, 3.05) is 18.0 Å². The molecule has 5 aromatic rings. The van der Waals surface area contributed by atoms with Crippen LogP contribution in [0.1, 0.15) is 24.3 Å². The Bertz CT molecular complexity index is 1360. The largest absolute Gasteiger partial charge is 0.456 e. The highest BCUT2D eigenvalue weighted by atomic mass is 16.5. The number of hydrogen-bond acceptors (Lipinski definition) is 6. The standard InChI is InChI=1S/C25H23N7O/c1-2-6-20(7-3-1)33-21-8-9-23-27-15-22(32(23)17-21)25-26-11-10-24(30-25)31-12-4-5-18(16-31)19-13-28-29-14-19/h1-3,6-11,13-15,17-18H,4-5,12,16H2,(H,28,29)/t18-/m0/s1. The summed E-state index contributed by atoms with van der Waals surface area (Å²) in [6.07, 6.45) is 11.8. The second-order valence-corrected chi connectivity index (χ2v) is 8.21. The topological polar surface area (TPSA) is 84.2 Å². The van der Waals surface area contributed by atoms with Crippen LogP contribution in [0.5, 0.6) is 11.5 Å². The van der Waals surface area contributed by atoms with Gasteiger partial charge in [-0.15, -0.1) is 0 Å². The molecule has 1 aliphatic rings. The van der Waals surface area contributed by atoms with E-state index in [4.69, 9.17) is 9.72 Å². The molecule has 5 heterocycles. The summed E-state index contributed by atoms with van der Waals surface area (Å²) in [5.41, 5.74) is 2.90. The SMILES string of the molecule is c1ccc(Oc2ccc3ncc(-c4nccc(N5CCC[C@H](c6cn[nH]c6)C5)n4)n3c2)cc1. The summed E-state index contributed by atoms with van der Waals surface area (Å²) in [7, 11) is 0. The molecule has 1 N–H and O–H groups in total. The Balaban J connectivity index is 1.30. The van der Waals surface area contributed by atoms with Gasteiger partial charge in [0.15, 0.2) is 5.82 Å². The summed E-state index contributed by atoms with van der Waals surface area (Å²) in [6.45, 7) is 1.89. The van der Waals surface area contributed by atoms with Crippen molar-refractivity contribution in [2.45, 2.75) is 18.8 Å². The van der Waals surface area contributed by atoms with E-state index in [1.54, 1.807) is 0 Å². The highest BCUT2D eigenvalue weighted by molar-refractivity contribution is 5.59. The van der Waals surface area contributed by atoms with E-state index in [0.29, 0.717) is 11.7 Å². The monoisotopic (exact) mass is 437 g/mol. The number of nitrogens with one attached hydrogen (secondary N) is 1. The molecule has 8 nitrogen and oxygen atoms in total. The van der Waals surface area contributed by atoms with Crippen LogP contribution in [0.4, 0.5) is 5.82 Å². The molecule has 1 fully saturated rings. The number of aromatic nitrogens is 6. The van der Waals surface area contributed by atoms with Gasteiger partial charge in [0, 0.05) is 31.4 Å². The number of para-hydroxylation sites is 1. The molecule has 0 unspecified atom stereocenters. The van der Waals surface area contributed by atoms with E-state index >= 15 is 0 Å². The number of rotatable bonds is 5. The Kier molecular flexibility index (Phi) is 4.95. The molecule has 1 saturated heterocycles. The number of benzene rings is 1. The van der Waals surface area contributed by atoms with Crippen molar-refractivity contribution in [2.24, 2.45) is 0 Å². The first-order valence-corrected chi connectivity index (χ1v) is 11.1. The zero-order chi connectivity index (χ0) is 22.0. The predicted octanol–water partition coefficient (Wildman–Crippen LogP) is 4.69. The van der Waals surface area contributed by atoms with Crippen LogP contribution in [0.2, 0.25) is 0 Å². The summed E-state index contributed by atoms with van der Waals surface area (Å²) in [4.78, 5) is 16.3. The average Bonchev–Trinajstić information content (AvgIpc) is 3.55. The van der Waals surface area contributed by atoms with Crippen molar-refractivity contribution < 1.29 is 4.74 Å². The van der Waals surface area contributed by atoms with Gasteiger partial charge >= 0.3 is 0 Å². The van der Waals surface area contributed by atoms with Crippen molar-refractivity contribution in [3.63, 3.8) is 0 Å². The minimum Gasteiger partial charge on any atom is -0.456 e. The minimum atomic E-state index is 0.449. The van der Waals surface area contributed by atoms with Crippen molar-refractivity contribution in [3.05, 3.63) is 85.1 Å². The lowest BCUT2D eigenvalue weighted by molar-refractivity contribution is 0.479. The maximum atomic E-state index is 6.01. The molecule has 0 radical (unpaired) electrons. The second kappa shape index (κ2) is 8.38. The Labute approximate surface area is 190 Å². The van der Waals surface area contributed by atoms with E-state index in [-0.39, 0.29) is 0 Å². The second-order valence-electron chi connectivity index (χ2n) is 8.21. The van der Waals surface area contributed by atoms with E-state index in [1.807, 2.05) is 83.9 Å². The molecule has 1 aromatic carbocycles. The summed E-state index contributed by atoms with van der Waals surface area (Å²) in [5.74, 6) is 3.53. The van der Waals surface area contributed by atoms with Gasteiger partial charge in [-0.3, -0.25) is 9.50 Å². The quantitative estimate of drug-likeness (QED) is 0.429. The highest BCUT2D eigenvalue weighted by Crippen LogP contribution is 2.30. The number of aromatic amines is 1. The van der Waals surface area contributed by atoms with E-state index in [0.717, 1.165) is 54.6 Å². The molecule has 164 valence electrons. The van der Waals surface area contributed by atoms with Gasteiger partial charge in [-0.25, -0.2) is 15.0 Å². The van der Waals surface area contributed by atoms with E-state index < -0.39 is 0 Å². The summed E-state index contributed by atoms with van der Waals surface area (Å²) in [6, 6.07) is 15.6. The Morgan fingerprint density at radius 1 is 0.970 bits per heavy atom. The lowest BCUT2D eigenvalue weighted by Gasteiger charge is -2.33. The van der Waals surface area contributed by atoms with Gasteiger partial charge < -0.3 is 9.64 Å². The predicted molar refractivity (Wildman–Crippen MR) is 126 cm³/mol. The van der Waals surface area contributed by atoms with E-state index in [1.165, 1.54) is 5.56 Å². The smallest absolute Gasteiger partial charge is 0.180 e. The molecule has 8 heteroatoms. The molecular weight excluding hydrogens is 414 g/mol. The lowest BCUT2D eigenvalue weighted by Crippen LogP contribution is -2.34. The first kappa shape index (κ1) is 19.5. The van der Waals surface area contributed by atoms with Gasteiger partial charge in [-0.1, -0.05) is 18.2 Å². The van der Waals surface area contributed by atoms with Crippen LogP contribution in [-0.4, -0.2) is 42.6 Å². The molecule has 6 rings (SSSR count). The molecule has 0 bridgehead atoms. The number of piperidine rings is 1. The van der Waals surface area contributed by atoms with Gasteiger partial charge in [0.05, 0.1) is 18.6 Å². The van der Waals surface area contributed by atoms with Crippen LogP contribution in [0.15, 0.2) is 79.5 Å². The summed E-state index contributed by atoms with van der Waals surface area (Å²) in [5, 5.41) is 7.05. The molecule has 0 amide bonds. The Morgan fingerprint density at radius 2 is 1.91 bits per heavy atom. The molecule has 0 spiro atoms. The zero-order valence-electron chi connectivity index (χ0n) is 18.0. The van der Waals surface area contributed by atoms with Gasteiger partial charge in [0.25, 0.3) is 0 Å². The third-order valence-corrected chi connectivity index (χ3v) is 6.06. The number of H-pyrrole nitrogens is 1. The minimum absolute atomic E-state index is 0.449. The van der Waals surface area contributed by atoms with Crippen molar-refractivity contribution in [1.82, 2.24) is 29.5 Å². The summed E-state index contributed by atoms with van der Waals surface area (Å²) < 4.78 is 7.98. The Morgan fingerprint density at radius 3 is 2.79 bits per heavy atom. The van der Waals surface area contributed by atoms with Crippen LogP contribution >= 0.6 is 0 Å². The molecule has 0 saturated carbocycles. The molecule has 0 aliphatic carbocycles. The maximum absolute atomic E-state index is 6.01. The number of hydrogen-bond donors (Lipinski definition) is 1. The number of nitrogens with zero attached hydrogens (tertiary/aromatic N) is 6. The Hall–Kier alpha value is -4.20. The van der Waals surface area contributed by atoms with Crippen LogP contribution in [-0.2, 0) is 0 Å². The number of pyridine rings is 1. The number of fused-ring (bicyclic) bond motifs is 1. The van der Waals surface area contributed by atoms with Crippen molar-refractivity contribution >= 4 is 11.5 Å². The zero-order valence-corrected chi connectivity index (χ0v) is 18.0.